The van der Waals surface area contributed by atoms with Gasteiger partial charge >= 0.3 is 0 Å². The minimum Gasteiger partial charge on any atom is -0.351 e. The maximum absolute atomic E-state index is 11.7. The quantitative estimate of drug-likeness (QED) is 0.659. The Kier molecular flexibility index (Phi) is 2.16. The molecule has 0 saturated carbocycles. The minimum absolute atomic E-state index is 0.0166. The zero-order valence-electron chi connectivity index (χ0n) is 9.17. The Morgan fingerprint density at radius 1 is 1.33 bits per heavy atom. The molecule has 1 spiro atoms. The van der Waals surface area contributed by atoms with Gasteiger partial charge in [-0.15, -0.1) is 0 Å². The summed E-state index contributed by atoms with van der Waals surface area (Å²) < 4.78 is 23.3. The van der Waals surface area contributed by atoms with Crippen molar-refractivity contribution in [1.29, 1.82) is 0 Å². The van der Waals surface area contributed by atoms with E-state index >= 15 is 0 Å². The largest absolute Gasteiger partial charge is 0.351 e. The van der Waals surface area contributed by atoms with Crippen LogP contribution in [0.4, 0.5) is 0 Å². The van der Waals surface area contributed by atoms with Gasteiger partial charge in [-0.2, -0.15) is 0 Å². The lowest BCUT2D eigenvalue weighted by Crippen LogP contribution is -2.52. The molecule has 0 aliphatic carbocycles. The summed E-state index contributed by atoms with van der Waals surface area (Å²) >= 11 is 0. The van der Waals surface area contributed by atoms with Crippen LogP contribution in [0.5, 0.6) is 0 Å². The van der Waals surface area contributed by atoms with E-state index in [1.54, 1.807) is 0 Å². The van der Waals surface area contributed by atoms with Crippen LogP contribution in [0.1, 0.15) is 33.1 Å². The highest BCUT2D eigenvalue weighted by atomic mass is 32.2. The summed E-state index contributed by atoms with van der Waals surface area (Å²) in [7, 11) is -2.96. The molecule has 4 nitrogen and oxygen atoms in total. The van der Waals surface area contributed by atoms with Gasteiger partial charge in [0.1, 0.15) is 0 Å². The van der Waals surface area contributed by atoms with E-state index in [1.807, 2.05) is 13.8 Å². The van der Waals surface area contributed by atoms with Gasteiger partial charge in [-0.25, -0.2) is 8.42 Å². The fourth-order valence-corrected chi connectivity index (χ4v) is 5.06. The van der Waals surface area contributed by atoms with Gasteiger partial charge in [-0.1, -0.05) is 0 Å². The predicted molar refractivity (Wildman–Crippen MR) is 57.2 cm³/mol. The van der Waals surface area contributed by atoms with Crippen LogP contribution >= 0.6 is 0 Å². The molecule has 2 aliphatic rings. The van der Waals surface area contributed by atoms with Crippen LogP contribution in [0, 0.1) is 5.41 Å². The van der Waals surface area contributed by atoms with Gasteiger partial charge in [0.05, 0.1) is 11.5 Å². The number of carbonyl (C=O) groups excluding carboxylic acids is 1. The summed E-state index contributed by atoms with van der Waals surface area (Å²) in [6.07, 6.45) is 1.87. The van der Waals surface area contributed by atoms with E-state index in [0.717, 1.165) is 6.42 Å². The van der Waals surface area contributed by atoms with Crippen LogP contribution in [0.25, 0.3) is 0 Å². The van der Waals surface area contributed by atoms with Crippen molar-refractivity contribution in [3.63, 3.8) is 0 Å². The summed E-state index contributed by atoms with van der Waals surface area (Å²) in [5.74, 6) is 0.419. The molecule has 0 radical (unpaired) electrons. The molecular weight excluding hydrogens is 214 g/mol. The third kappa shape index (κ3) is 1.67. The van der Waals surface area contributed by atoms with Crippen molar-refractivity contribution in [2.75, 3.05) is 11.5 Å². The molecular formula is C10H17NO3S. The second kappa shape index (κ2) is 2.97. The molecule has 1 N–H and O–H groups in total. The Bertz CT molecular complexity index is 399. The van der Waals surface area contributed by atoms with E-state index in [2.05, 4.69) is 5.32 Å². The highest BCUT2D eigenvalue weighted by Gasteiger charge is 2.55. The number of hydrogen-bond acceptors (Lipinski definition) is 3. The Balaban J connectivity index is 2.38. The fraction of sp³-hybridized carbons (Fsp3) is 0.900. The predicted octanol–water partition coefficient (Wildman–Crippen LogP) is 0.480. The van der Waals surface area contributed by atoms with Crippen LogP contribution < -0.4 is 5.32 Å². The lowest BCUT2D eigenvalue weighted by molar-refractivity contribution is -0.119. The zero-order valence-corrected chi connectivity index (χ0v) is 9.99. The van der Waals surface area contributed by atoms with Gasteiger partial charge in [0.25, 0.3) is 0 Å². The van der Waals surface area contributed by atoms with Crippen LogP contribution in [0.2, 0.25) is 0 Å². The van der Waals surface area contributed by atoms with Crippen molar-refractivity contribution in [3.05, 3.63) is 0 Å². The number of rotatable bonds is 0. The van der Waals surface area contributed by atoms with Crippen molar-refractivity contribution in [2.45, 2.75) is 38.6 Å². The van der Waals surface area contributed by atoms with E-state index in [1.165, 1.54) is 0 Å². The van der Waals surface area contributed by atoms with E-state index in [-0.39, 0.29) is 22.8 Å². The van der Waals surface area contributed by atoms with Gasteiger partial charge in [-0.3, -0.25) is 4.79 Å². The first-order valence-corrected chi connectivity index (χ1v) is 7.10. The van der Waals surface area contributed by atoms with Crippen molar-refractivity contribution >= 4 is 15.7 Å². The molecule has 1 atom stereocenters. The number of amides is 1. The first-order valence-electron chi connectivity index (χ1n) is 5.28. The van der Waals surface area contributed by atoms with Gasteiger partial charge in [-0.05, 0) is 26.7 Å². The van der Waals surface area contributed by atoms with Crippen LogP contribution in [0.3, 0.4) is 0 Å². The third-order valence-electron chi connectivity index (χ3n) is 3.88. The van der Waals surface area contributed by atoms with Crippen molar-refractivity contribution in [2.24, 2.45) is 5.41 Å². The van der Waals surface area contributed by atoms with E-state index in [4.69, 9.17) is 0 Å². The molecule has 1 unspecified atom stereocenters. The molecule has 5 heteroatoms. The van der Waals surface area contributed by atoms with E-state index in [0.29, 0.717) is 12.8 Å². The number of nitrogens with one attached hydrogen (secondary N) is 1. The summed E-state index contributed by atoms with van der Waals surface area (Å²) in [6.45, 7) is 3.86. The van der Waals surface area contributed by atoms with Gasteiger partial charge in [0.15, 0.2) is 9.84 Å². The maximum atomic E-state index is 11.7. The summed E-state index contributed by atoms with van der Waals surface area (Å²) in [6, 6.07) is 0. The van der Waals surface area contributed by atoms with Crippen LogP contribution in [0.15, 0.2) is 0 Å². The normalized spacial score (nSPS) is 37.9. The van der Waals surface area contributed by atoms with Crippen molar-refractivity contribution < 1.29 is 13.2 Å². The molecule has 0 bridgehead atoms. The molecule has 2 heterocycles. The topological polar surface area (TPSA) is 63.2 Å². The zero-order chi connectivity index (χ0) is 11.3. The molecule has 1 amide bonds. The summed E-state index contributed by atoms with van der Waals surface area (Å²) in [5.41, 5.74) is -0.765. The molecule has 86 valence electrons. The van der Waals surface area contributed by atoms with Gasteiger partial charge in [0, 0.05) is 17.4 Å². The van der Waals surface area contributed by atoms with Gasteiger partial charge < -0.3 is 5.32 Å². The molecule has 0 aromatic heterocycles. The minimum atomic E-state index is -2.96. The average molecular weight is 231 g/mol. The Morgan fingerprint density at radius 3 is 2.47 bits per heavy atom. The van der Waals surface area contributed by atoms with Crippen molar-refractivity contribution in [3.8, 4) is 0 Å². The second-order valence-corrected chi connectivity index (χ2v) is 7.51. The highest BCUT2D eigenvalue weighted by Crippen LogP contribution is 2.47. The van der Waals surface area contributed by atoms with Crippen LogP contribution in [-0.4, -0.2) is 31.4 Å². The molecule has 2 fully saturated rings. The smallest absolute Gasteiger partial charge is 0.221 e. The second-order valence-electron chi connectivity index (χ2n) is 5.33. The summed E-state index contributed by atoms with van der Waals surface area (Å²) in [5, 5.41) is 2.89. The molecule has 15 heavy (non-hydrogen) atoms. The van der Waals surface area contributed by atoms with E-state index < -0.39 is 15.4 Å². The number of hydrogen-bond donors (Lipinski definition) is 1. The molecule has 2 saturated heterocycles. The first-order chi connectivity index (χ1) is 6.77. The van der Waals surface area contributed by atoms with Crippen LogP contribution in [-0.2, 0) is 14.6 Å². The fourth-order valence-electron chi connectivity index (χ4n) is 2.88. The Labute approximate surface area is 90.3 Å². The highest BCUT2D eigenvalue weighted by molar-refractivity contribution is 7.91. The molecule has 0 aromatic rings. The first kappa shape index (κ1) is 10.9. The monoisotopic (exact) mass is 231 g/mol. The summed E-state index contributed by atoms with van der Waals surface area (Å²) in [4.78, 5) is 11.4. The number of carbonyl (C=O) groups is 1. The standard InChI is InChI=1S/C10H17NO3S/c1-9(2)10(6-8(12)11-9)4-3-5-15(13,14)7-10/h3-7H2,1-2H3,(H,11,12). The SMILES string of the molecule is CC1(C)NC(=O)CC12CCCS(=O)(=O)C2. The Hall–Kier alpha value is -0.580. The maximum Gasteiger partial charge on any atom is 0.221 e. The van der Waals surface area contributed by atoms with Crippen molar-refractivity contribution in [1.82, 2.24) is 5.32 Å². The third-order valence-corrected chi connectivity index (χ3v) is 5.79. The van der Waals surface area contributed by atoms with E-state index in [9.17, 15) is 13.2 Å². The lowest BCUT2D eigenvalue weighted by Gasteiger charge is -2.42. The average Bonchev–Trinajstić information content (AvgIpc) is 2.18. The van der Waals surface area contributed by atoms with Gasteiger partial charge in [0.2, 0.25) is 5.91 Å². The molecule has 0 aromatic carbocycles. The number of sulfone groups is 1. The lowest BCUT2D eigenvalue weighted by atomic mass is 9.70. The molecule has 2 rings (SSSR count). The molecule has 2 aliphatic heterocycles. The Morgan fingerprint density at radius 2 is 2.00 bits per heavy atom.